The van der Waals surface area contributed by atoms with Crippen molar-refractivity contribution in [2.24, 2.45) is 5.92 Å². The average molecular weight is 382 g/mol. The molecule has 4 nitrogen and oxygen atoms in total. The van der Waals surface area contributed by atoms with Crippen LogP contribution in [0.2, 0.25) is 0 Å². The van der Waals surface area contributed by atoms with E-state index in [4.69, 9.17) is 10.00 Å². The fourth-order valence-electron chi connectivity index (χ4n) is 1.79. The van der Waals surface area contributed by atoms with Crippen LogP contribution >= 0.6 is 0 Å². The predicted octanol–water partition coefficient (Wildman–Crippen LogP) is 4.16. The van der Waals surface area contributed by atoms with Crippen LogP contribution in [-0.4, -0.2) is 18.1 Å². The Hall–Kier alpha value is -2.44. The minimum atomic E-state index is -5.02. The van der Waals surface area contributed by atoms with E-state index in [-0.39, 0.29) is 12.0 Å². The first kappa shape index (κ1) is 21.6. The second kappa shape index (κ2) is 7.43. The topological polar surface area (TPSA) is 62.1 Å². The Balaban J connectivity index is 3.00. The van der Waals surface area contributed by atoms with Gasteiger partial charge in [0, 0.05) is 0 Å². The number of halogens is 6. The van der Waals surface area contributed by atoms with E-state index in [0.29, 0.717) is 12.1 Å². The van der Waals surface area contributed by atoms with Crippen LogP contribution in [0.5, 0.6) is 5.75 Å². The highest BCUT2D eigenvalue weighted by molar-refractivity contribution is 5.78. The number of rotatable bonds is 5. The van der Waals surface area contributed by atoms with Gasteiger partial charge in [-0.05, 0) is 31.0 Å². The molecule has 0 saturated heterocycles. The second-order valence-electron chi connectivity index (χ2n) is 6.05. The van der Waals surface area contributed by atoms with Crippen LogP contribution in [0.4, 0.5) is 26.3 Å². The van der Waals surface area contributed by atoms with Crippen molar-refractivity contribution >= 4 is 5.91 Å². The summed E-state index contributed by atoms with van der Waals surface area (Å²) in [7, 11) is 0. The van der Waals surface area contributed by atoms with Crippen molar-refractivity contribution in [1.29, 1.82) is 5.26 Å². The van der Waals surface area contributed by atoms with Gasteiger partial charge >= 0.3 is 12.4 Å². The smallest absolute Gasteiger partial charge is 0.416 e. The molecular formula is C16H16F6N2O2. The van der Waals surface area contributed by atoms with Crippen molar-refractivity contribution in [2.75, 3.05) is 6.61 Å². The molecule has 0 saturated carbocycles. The Morgan fingerprint density at radius 2 is 1.58 bits per heavy atom. The third-order valence-corrected chi connectivity index (χ3v) is 3.72. The molecule has 144 valence electrons. The summed E-state index contributed by atoms with van der Waals surface area (Å²) in [6, 6.07) is 2.58. The molecule has 26 heavy (non-hydrogen) atoms. The van der Waals surface area contributed by atoms with Crippen LogP contribution in [0.15, 0.2) is 18.2 Å². The molecular weight excluding hydrogens is 366 g/mol. The first-order valence-corrected chi connectivity index (χ1v) is 7.33. The number of ether oxygens (including phenoxy) is 1. The van der Waals surface area contributed by atoms with Gasteiger partial charge in [0.1, 0.15) is 11.3 Å². The summed E-state index contributed by atoms with van der Waals surface area (Å²) < 4.78 is 81.3. The molecule has 1 atom stereocenters. The van der Waals surface area contributed by atoms with Gasteiger partial charge in [-0.25, -0.2) is 0 Å². The van der Waals surface area contributed by atoms with Crippen molar-refractivity contribution in [3.8, 4) is 11.8 Å². The van der Waals surface area contributed by atoms with Crippen molar-refractivity contribution in [2.45, 2.75) is 38.7 Å². The lowest BCUT2D eigenvalue weighted by molar-refractivity contribution is -0.143. The molecule has 0 aromatic heterocycles. The summed E-state index contributed by atoms with van der Waals surface area (Å²) in [4.78, 5) is 11.8. The molecule has 0 radical (unpaired) electrons. The van der Waals surface area contributed by atoms with E-state index < -0.39 is 47.3 Å². The Morgan fingerprint density at radius 3 is 1.92 bits per heavy atom. The Kier molecular flexibility index (Phi) is 6.18. The van der Waals surface area contributed by atoms with Gasteiger partial charge < -0.3 is 10.1 Å². The number of nitrogens with zero attached hydrogens (tertiary/aromatic N) is 1. The number of hydrogen-bond donors (Lipinski definition) is 1. The molecule has 0 spiro atoms. The van der Waals surface area contributed by atoms with E-state index in [1.54, 1.807) is 13.8 Å². The molecule has 0 aliphatic rings. The number of benzene rings is 1. The van der Waals surface area contributed by atoms with Gasteiger partial charge in [0.25, 0.3) is 5.91 Å². The zero-order valence-electron chi connectivity index (χ0n) is 14.0. The van der Waals surface area contributed by atoms with E-state index in [9.17, 15) is 31.1 Å². The van der Waals surface area contributed by atoms with Crippen LogP contribution in [0.3, 0.4) is 0 Å². The predicted molar refractivity (Wildman–Crippen MR) is 78.9 cm³/mol. The number of carbonyl (C=O) groups is 1. The molecule has 0 bridgehead atoms. The normalized spacial score (nSPS) is 14.5. The first-order chi connectivity index (χ1) is 11.7. The highest BCUT2D eigenvalue weighted by Crippen LogP contribution is 2.38. The van der Waals surface area contributed by atoms with Crippen LogP contribution in [-0.2, 0) is 17.1 Å². The Bertz CT molecular complexity index is 674. The largest absolute Gasteiger partial charge is 0.484 e. The van der Waals surface area contributed by atoms with Crippen LogP contribution in [0.1, 0.15) is 31.9 Å². The van der Waals surface area contributed by atoms with Gasteiger partial charge in [0.15, 0.2) is 6.61 Å². The molecule has 0 unspecified atom stereocenters. The number of alkyl halides is 6. The van der Waals surface area contributed by atoms with Gasteiger partial charge in [0.2, 0.25) is 0 Å². The lowest BCUT2D eigenvalue weighted by Gasteiger charge is -2.27. The van der Waals surface area contributed by atoms with Crippen molar-refractivity contribution in [1.82, 2.24) is 5.32 Å². The van der Waals surface area contributed by atoms with Crippen molar-refractivity contribution in [3.05, 3.63) is 29.3 Å². The summed E-state index contributed by atoms with van der Waals surface area (Å²) in [5.74, 6) is -1.90. The van der Waals surface area contributed by atoms with E-state index >= 15 is 0 Å². The molecule has 1 amide bonds. The Morgan fingerprint density at radius 1 is 1.12 bits per heavy atom. The fraction of sp³-hybridized carbons (Fsp3) is 0.500. The number of nitriles is 1. The second-order valence-corrected chi connectivity index (χ2v) is 6.05. The first-order valence-electron chi connectivity index (χ1n) is 7.33. The zero-order valence-corrected chi connectivity index (χ0v) is 14.0. The van der Waals surface area contributed by atoms with Gasteiger partial charge in [-0.15, -0.1) is 0 Å². The lowest BCUT2D eigenvalue weighted by Crippen LogP contribution is -2.50. The van der Waals surface area contributed by atoms with Crippen LogP contribution in [0, 0.1) is 17.2 Å². The van der Waals surface area contributed by atoms with E-state index in [0.717, 1.165) is 0 Å². The molecule has 10 heteroatoms. The zero-order chi connectivity index (χ0) is 20.3. The van der Waals surface area contributed by atoms with E-state index in [1.807, 2.05) is 6.07 Å². The summed E-state index contributed by atoms with van der Waals surface area (Å²) in [5.41, 5.74) is -4.36. The number of amides is 1. The molecule has 0 heterocycles. The third kappa shape index (κ3) is 5.54. The quantitative estimate of drug-likeness (QED) is 0.778. The third-order valence-electron chi connectivity index (χ3n) is 3.72. The molecule has 1 aromatic rings. The van der Waals surface area contributed by atoms with Crippen LogP contribution in [0.25, 0.3) is 0 Å². The maximum Gasteiger partial charge on any atom is 0.416 e. The SMILES string of the molecule is CC(C)[C@@](C)(C#N)NC(=O)COc1cc(C(F)(F)F)cc(C(F)(F)F)c1. The monoisotopic (exact) mass is 382 g/mol. The average Bonchev–Trinajstić information content (AvgIpc) is 2.50. The molecule has 0 aliphatic heterocycles. The van der Waals surface area contributed by atoms with Crippen molar-refractivity contribution in [3.63, 3.8) is 0 Å². The van der Waals surface area contributed by atoms with Gasteiger partial charge in [0.05, 0.1) is 17.2 Å². The molecule has 0 aliphatic carbocycles. The summed E-state index contributed by atoms with van der Waals surface area (Å²) in [6.07, 6.45) is -10.0. The Labute approximate surface area is 145 Å². The van der Waals surface area contributed by atoms with Crippen LogP contribution < -0.4 is 10.1 Å². The number of carbonyl (C=O) groups excluding carboxylic acids is 1. The van der Waals surface area contributed by atoms with Gasteiger partial charge in [-0.3, -0.25) is 4.79 Å². The lowest BCUT2D eigenvalue weighted by atomic mass is 9.90. The summed E-state index contributed by atoms with van der Waals surface area (Å²) in [5, 5.41) is 11.4. The molecule has 0 fully saturated rings. The van der Waals surface area contributed by atoms with E-state index in [1.165, 1.54) is 6.92 Å². The number of hydrogen-bond acceptors (Lipinski definition) is 3. The minimum absolute atomic E-state index is 0.0432. The van der Waals surface area contributed by atoms with E-state index in [2.05, 4.69) is 5.32 Å². The minimum Gasteiger partial charge on any atom is -0.484 e. The van der Waals surface area contributed by atoms with Gasteiger partial charge in [-0.2, -0.15) is 31.6 Å². The highest BCUT2D eigenvalue weighted by atomic mass is 19.4. The number of nitrogens with one attached hydrogen (secondary N) is 1. The fourth-order valence-corrected chi connectivity index (χ4v) is 1.79. The summed E-state index contributed by atoms with van der Waals surface area (Å²) in [6.45, 7) is 3.91. The van der Waals surface area contributed by atoms with Crippen molar-refractivity contribution < 1.29 is 35.9 Å². The highest BCUT2D eigenvalue weighted by Gasteiger charge is 2.37. The van der Waals surface area contributed by atoms with Gasteiger partial charge in [-0.1, -0.05) is 13.8 Å². The summed E-state index contributed by atoms with van der Waals surface area (Å²) >= 11 is 0. The molecule has 1 N–H and O–H groups in total. The molecule has 1 aromatic carbocycles. The maximum atomic E-state index is 12.8. The maximum absolute atomic E-state index is 12.8. The standard InChI is InChI=1S/C16H16F6N2O2/c1-9(2)14(3,8-23)24-13(25)7-26-12-5-10(15(17,18)19)4-11(6-12)16(20,21)22/h4-6,9H,7H2,1-3H3,(H,24,25)/t14-/m1/s1. The molecule has 1 rings (SSSR count).